The summed E-state index contributed by atoms with van der Waals surface area (Å²) in [6, 6.07) is 0. The third kappa shape index (κ3) is 11.6. The SMILES string of the molecule is CCCCCCCC/C=C/S(=O)(=O)NCC(=O)O. The molecule has 0 aliphatic heterocycles. The molecule has 0 spiro atoms. The van der Waals surface area contributed by atoms with Crippen LogP contribution >= 0.6 is 0 Å². The highest BCUT2D eigenvalue weighted by molar-refractivity contribution is 7.92. The van der Waals surface area contributed by atoms with Crippen LogP contribution in [-0.2, 0) is 14.8 Å². The molecule has 6 heteroatoms. The topological polar surface area (TPSA) is 83.5 Å². The number of carbonyl (C=O) groups is 1. The van der Waals surface area contributed by atoms with Gasteiger partial charge < -0.3 is 5.11 Å². The van der Waals surface area contributed by atoms with Gasteiger partial charge in [0.1, 0.15) is 6.54 Å². The van der Waals surface area contributed by atoms with E-state index in [1.807, 2.05) is 4.72 Å². The van der Waals surface area contributed by atoms with Gasteiger partial charge in [0.25, 0.3) is 0 Å². The van der Waals surface area contributed by atoms with Crippen molar-refractivity contribution in [3.63, 3.8) is 0 Å². The van der Waals surface area contributed by atoms with Gasteiger partial charge in [-0.15, -0.1) is 0 Å². The first-order valence-electron chi connectivity index (χ1n) is 6.36. The van der Waals surface area contributed by atoms with E-state index in [4.69, 9.17) is 5.11 Å². The average molecular weight is 277 g/mol. The number of sulfonamides is 1. The largest absolute Gasteiger partial charge is 0.480 e. The molecule has 0 unspecified atom stereocenters. The van der Waals surface area contributed by atoms with E-state index in [0.717, 1.165) is 18.2 Å². The summed E-state index contributed by atoms with van der Waals surface area (Å²) in [5.41, 5.74) is 0. The lowest BCUT2D eigenvalue weighted by atomic mass is 10.1. The molecule has 0 fully saturated rings. The summed E-state index contributed by atoms with van der Waals surface area (Å²) in [4.78, 5) is 10.2. The molecule has 0 rings (SSSR count). The molecule has 0 saturated heterocycles. The summed E-state index contributed by atoms with van der Waals surface area (Å²) in [7, 11) is -3.59. The minimum absolute atomic E-state index is 0.580. The Hall–Kier alpha value is -0.880. The van der Waals surface area contributed by atoms with Crippen LogP contribution in [0.4, 0.5) is 0 Å². The highest BCUT2D eigenvalue weighted by Gasteiger charge is 2.06. The van der Waals surface area contributed by atoms with Gasteiger partial charge >= 0.3 is 5.97 Å². The number of allylic oxidation sites excluding steroid dienone is 1. The van der Waals surface area contributed by atoms with E-state index in [9.17, 15) is 13.2 Å². The van der Waals surface area contributed by atoms with Crippen LogP contribution in [0.5, 0.6) is 0 Å². The van der Waals surface area contributed by atoms with Gasteiger partial charge in [-0.3, -0.25) is 4.79 Å². The summed E-state index contributed by atoms with van der Waals surface area (Å²) in [6.45, 7) is 1.58. The van der Waals surface area contributed by atoms with Gasteiger partial charge in [0.05, 0.1) is 0 Å². The third-order valence-corrected chi connectivity index (χ3v) is 3.52. The first kappa shape index (κ1) is 17.1. The molecular weight excluding hydrogens is 254 g/mol. The number of rotatable bonds is 11. The maximum absolute atomic E-state index is 11.2. The summed E-state index contributed by atoms with van der Waals surface area (Å²) < 4.78 is 24.5. The highest BCUT2D eigenvalue weighted by Crippen LogP contribution is 2.07. The zero-order valence-corrected chi connectivity index (χ0v) is 11.7. The fraction of sp³-hybridized carbons (Fsp3) is 0.750. The maximum Gasteiger partial charge on any atom is 0.318 e. The fourth-order valence-electron chi connectivity index (χ4n) is 1.45. The monoisotopic (exact) mass is 277 g/mol. The van der Waals surface area contributed by atoms with Crippen LogP contribution in [0.25, 0.3) is 0 Å². The van der Waals surface area contributed by atoms with Crippen LogP contribution in [0, 0.1) is 0 Å². The Morgan fingerprint density at radius 3 is 2.39 bits per heavy atom. The first-order chi connectivity index (χ1) is 8.48. The van der Waals surface area contributed by atoms with E-state index in [1.54, 1.807) is 6.08 Å². The summed E-state index contributed by atoms with van der Waals surface area (Å²) in [5, 5.41) is 9.38. The van der Waals surface area contributed by atoms with Crippen molar-refractivity contribution in [2.24, 2.45) is 0 Å². The van der Waals surface area contributed by atoms with Gasteiger partial charge in [0.2, 0.25) is 10.0 Å². The number of hydrogen-bond donors (Lipinski definition) is 2. The molecule has 0 heterocycles. The lowest BCUT2D eigenvalue weighted by Crippen LogP contribution is -2.27. The van der Waals surface area contributed by atoms with E-state index < -0.39 is 22.5 Å². The van der Waals surface area contributed by atoms with E-state index in [0.29, 0.717) is 6.42 Å². The lowest BCUT2D eigenvalue weighted by Gasteiger charge is -1.99. The Morgan fingerprint density at radius 2 is 1.78 bits per heavy atom. The van der Waals surface area contributed by atoms with E-state index in [-0.39, 0.29) is 0 Å². The van der Waals surface area contributed by atoms with Crippen molar-refractivity contribution in [1.29, 1.82) is 0 Å². The van der Waals surface area contributed by atoms with Crippen LogP contribution in [0.15, 0.2) is 11.5 Å². The number of carboxylic acids is 1. The van der Waals surface area contributed by atoms with Gasteiger partial charge in [-0.2, -0.15) is 0 Å². The van der Waals surface area contributed by atoms with E-state index in [1.165, 1.54) is 25.7 Å². The minimum Gasteiger partial charge on any atom is -0.480 e. The Bertz CT molecular complexity index is 349. The molecule has 0 aromatic carbocycles. The third-order valence-electron chi connectivity index (χ3n) is 2.42. The molecule has 0 bridgehead atoms. The Kier molecular flexibility index (Phi) is 9.59. The smallest absolute Gasteiger partial charge is 0.318 e. The van der Waals surface area contributed by atoms with Gasteiger partial charge in [0, 0.05) is 5.41 Å². The maximum atomic E-state index is 11.2. The van der Waals surface area contributed by atoms with Crippen molar-refractivity contribution in [1.82, 2.24) is 4.72 Å². The van der Waals surface area contributed by atoms with E-state index in [2.05, 4.69) is 6.92 Å². The molecule has 0 atom stereocenters. The molecule has 0 aliphatic carbocycles. The number of unbranched alkanes of at least 4 members (excludes halogenated alkanes) is 6. The van der Waals surface area contributed by atoms with Gasteiger partial charge in [-0.1, -0.05) is 45.1 Å². The molecule has 0 aromatic heterocycles. The van der Waals surface area contributed by atoms with Crippen LogP contribution in [0.3, 0.4) is 0 Å². The fourth-order valence-corrected chi connectivity index (χ4v) is 2.26. The zero-order chi connectivity index (χ0) is 13.9. The number of hydrogen-bond acceptors (Lipinski definition) is 3. The van der Waals surface area contributed by atoms with Crippen molar-refractivity contribution in [2.45, 2.75) is 51.9 Å². The molecule has 0 saturated carbocycles. The van der Waals surface area contributed by atoms with Crippen LogP contribution in [0.2, 0.25) is 0 Å². The van der Waals surface area contributed by atoms with E-state index >= 15 is 0 Å². The standard InChI is InChI=1S/C12H23NO4S/c1-2-3-4-5-6-7-8-9-10-18(16,17)13-11-12(14)15/h9-10,13H,2-8,11H2,1H3,(H,14,15)/b10-9+. The quantitative estimate of drug-likeness (QED) is 0.567. The van der Waals surface area contributed by atoms with Gasteiger partial charge in [-0.05, 0) is 12.8 Å². The van der Waals surface area contributed by atoms with Gasteiger partial charge in [-0.25, -0.2) is 13.1 Å². The van der Waals surface area contributed by atoms with Gasteiger partial charge in [0.15, 0.2) is 0 Å². The predicted octanol–water partition coefficient (Wildman–Crippen LogP) is 2.25. The Balaban J connectivity index is 3.65. The first-order valence-corrected chi connectivity index (χ1v) is 7.90. The molecule has 0 aliphatic rings. The normalized spacial score (nSPS) is 12.1. The number of nitrogens with one attached hydrogen (secondary N) is 1. The van der Waals surface area contributed by atoms with Crippen LogP contribution < -0.4 is 4.72 Å². The molecule has 0 radical (unpaired) electrons. The summed E-state index contributed by atoms with van der Waals surface area (Å²) in [5.74, 6) is -1.19. The minimum atomic E-state index is -3.59. The van der Waals surface area contributed by atoms with Crippen LogP contribution in [-0.4, -0.2) is 26.0 Å². The van der Waals surface area contributed by atoms with Crippen molar-refractivity contribution in [3.05, 3.63) is 11.5 Å². The van der Waals surface area contributed by atoms with Crippen LogP contribution in [0.1, 0.15) is 51.9 Å². The molecular formula is C12H23NO4S. The second-order valence-corrected chi connectivity index (χ2v) is 5.84. The molecule has 2 N–H and O–H groups in total. The zero-order valence-electron chi connectivity index (χ0n) is 10.9. The molecule has 18 heavy (non-hydrogen) atoms. The second-order valence-electron chi connectivity index (χ2n) is 4.19. The van der Waals surface area contributed by atoms with Crippen molar-refractivity contribution in [3.8, 4) is 0 Å². The Labute approximate surface area is 109 Å². The molecule has 0 aromatic rings. The Morgan fingerprint density at radius 1 is 1.17 bits per heavy atom. The van der Waals surface area contributed by atoms with Crippen molar-refractivity contribution >= 4 is 16.0 Å². The summed E-state index contributed by atoms with van der Waals surface area (Å²) >= 11 is 0. The summed E-state index contributed by atoms with van der Waals surface area (Å²) in [6.07, 6.45) is 9.24. The average Bonchev–Trinajstić information content (AvgIpc) is 2.30. The highest BCUT2D eigenvalue weighted by atomic mass is 32.2. The molecule has 106 valence electrons. The van der Waals surface area contributed by atoms with Crippen molar-refractivity contribution < 1.29 is 18.3 Å². The lowest BCUT2D eigenvalue weighted by molar-refractivity contribution is -0.135. The van der Waals surface area contributed by atoms with Crippen molar-refractivity contribution in [2.75, 3.05) is 6.54 Å². The second kappa shape index (κ2) is 10.1. The predicted molar refractivity (Wildman–Crippen MR) is 71.7 cm³/mol. The molecule has 0 amide bonds. The number of aliphatic carboxylic acids is 1. The molecule has 5 nitrogen and oxygen atoms in total. The number of carboxylic acid groups (broad SMARTS) is 1.